The third-order valence-corrected chi connectivity index (χ3v) is 5.94. The molecule has 2 aromatic rings. The molecular formula is C26H31ClN4O5S. The summed E-state index contributed by atoms with van der Waals surface area (Å²) in [6.45, 7) is 7.96. The number of aryl methyl sites for hydroxylation is 2. The van der Waals surface area contributed by atoms with Crippen molar-refractivity contribution >= 4 is 47.8 Å². The van der Waals surface area contributed by atoms with Gasteiger partial charge in [-0.1, -0.05) is 29.8 Å². The molecular weight excluding hydrogens is 516 g/mol. The zero-order valence-corrected chi connectivity index (χ0v) is 23.0. The number of carbonyl (C=O) groups is 3. The summed E-state index contributed by atoms with van der Waals surface area (Å²) >= 11 is 10.5. The van der Waals surface area contributed by atoms with Crippen LogP contribution in [0.4, 0.5) is 10.5 Å². The molecule has 0 fully saturated rings. The number of hydrogen-bond donors (Lipinski definition) is 4. The van der Waals surface area contributed by atoms with Crippen LogP contribution in [-0.2, 0) is 14.3 Å². The van der Waals surface area contributed by atoms with Crippen LogP contribution in [0.2, 0.25) is 5.02 Å². The number of nitriles is 1. The molecule has 2 unspecified atom stereocenters. The molecule has 0 radical (unpaired) electrons. The largest absolute Gasteiger partial charge is 0.508 e. The smallest absolute Gasteiger partial charge is 0.408 e. The molecule has 0 aliphatic heterocycles. The highest BCUT2D eigenvalue weighted by molar-refractivity contribution is 7.80. The van der Waals surface area contributed by atoms with Crippen molar-refractivity contribution in [3.63, 3.8) is 0 Å². The zero-order valence-electron chi connectivity index (χ0n) is 21.3. The van der Waals surface area contributed by atoms with Crippen LogP contribution >= 0.6 is 24.2 Å². The minimum absolute atomic E-state index is 0.00263. The number of carbonyl (C=O) groups excluding carboxylic acids is 3. The highest BCUT2D eigenvalue weighted by Crippen LogP contribution is 2.31. The molecule has 2 aromatic carbocycles. The average molecular weight is 547 g/mol. The topological polar surface area (TPSA) is 132 Å². The van der Waals surface area contributed by atoms with Gasteiger partial charge in [-0.15, -0.1) is 0 Å². The summed E-state index contributed by atoms with van der Waals surface area (Å²) in [5.41, 5.74) is 1.05. The van der Waals surface area contributed by atoms with Crippen molar-refractivity contribution in [3.05, 3.63) is 58.1 Å². The van der Waals surface area contributed by atoms with Gasteiger partial charge >= 0.3 is 6.09 Å². The van der Waals surface area contributed by atoms with Crippen molar-refractivity contribution in [2.24, 2.45) is 0 Å². The Kier molecular flexibility index (Phi) is 10.2. The lowest BCUT2D eigenvalue weighted by atomic mass is 10.00. The molecule has 2 atom stereocenters. The lowest BCUT2D eigenvalue weighted by Crippen LogP contribution is -2.53. The van der Waals surface area contributed by atoms with Crippen LogP contribution in [0, 0.1) is 25.2 Å². The van der Waals surface area contributed by atoms with Crippen molar-refractivity contribution in [2.75, 3.05) is 17.6 Å². The van der Waals surface area contributed by atoms with E-state index in [4.69, 9.17) is 16.3 Å². The Morgan fingerprint density at radius 1 is 1.19 bits per heavy atom. The van der Waals surface area contributed by atoms with Gasteiger partial charge in [0, 0.05) is 5.75 Å². The number of nitrogens with zero attached hydrogens (tertiary/aromatic N) is 2. The lowest BCUT2D eigenvalue weighted by Gasteiger charge is -2.33. The van der Waals surface area contributed by atoms with Crippen molar-refractivity contribution in [2.45, 2.75) is 52.3 Å². The number of rotatable bonds is 8. The molecule has 11 heteroatoms. The number of aromatic hydroxyl groups is 1. The van der Waals surface area contributed by atoms with E-state index in [1.54, 1.807) is 58.9 Å². The monoisotopic (exact) mass is 546 g/mol. The Morgan fingerprint density at radius 2 is 1.86 bits per heavy atom. The molecule has 37 heavy (non-hydrogen) atoms. The van der Waals surface area contributed by atoms with E-state index in [0.717, 1.165) is 4.90 Å². The molecule has 0 bridgehead atoms. The highest BCUT2D eigenvalue weighted by Gasteiger charge is 2.36. The van der Waals surface area contributed by atoms with E-state index in [2.05, 4.69) is 23.3 Å². The summed E-state index contributed by atoms with van der Waals surface area (Å²) in [7, 11) is 0. The SMILES string of the molecule is Cc1cc(C(C(=O)Nc2c(C)cccc2Cl)N(CC#N)C(=O)C(CS)NC(=O)OC(C)(C)C)ccc1O. The van der Waals surface area contributed by atoms with Gasteiger partial charge in [0.2, 0.25) is 5.91 Å². The predicted octanol–water partition coefficient (Wildman–Crippen LogP) is 4.52. The van der Waals surface area contributed by atoms with Crippen molar-refractivity contribution in [3.8, 4) is 11.8 Å². The van der Waals surface area contributed by atoms with E-state index in [0.29, 0.717) is 27.4 Å². The van der Waals surface area contributed by atoms with Gasteiger partial charge in [0.05, 0.1) is 16.8 Å². The number of ether oxygens (including phenoxy) is 1. The van der Waals surface area contributed by atoms with E-state index in [1.807, 2.05) is 6.07 Å². The highest BCUT2D eigenvalue weighted by atomic mass is 35.5. The number of hydrogen-bond acceptors (Lipinski definition) is 7. The van der Waals surface area contributed by atoms with Crippen molar-refractivity contribution in [1.82, 2.24) is 10.2 Å². The number of halogens is 1. The molecule has 0 spiro atoms. The van der Waals surface area contributed by atoms with Crippen LogP contribution in [0.15, 0.2) is 36.4 Å². The van der Waals surface area contributed by atoms with Crippen LogP contribution in [-0.4, -0.2) is 51.9 Å². The molecule has 0 saturated heterocycles. The molecule has 0 saturated carbocycles. The van der Waals surface area contributed by atoms with Gasteiger partial charge < -0.3 is 25.4 Å². The van der Waals surface area contributed by atoms with Crippen LogP contribution in [0.3, 0.4) is 0 Å². The minimum atomic E-state index is -1.30. The number of anilines is 1. The summed E-state index contributed by atoms with van der Waals surface area (Å²) in [5.74, 6) is -1.47. The molecule has 0 aliphatic rings. The maximum absolute atomic E-state index is 13.7. The fraction of sp³-hybridized carbons (Fsp3) is 0.385. The molecule has 0 aliphatic carbocycles. The maximum Gasteiger partial charge on any atom is 0.408 e. The second kappa shape index (κ2) is 12.7. The van der Waals surface area contributed by atoms with Crippen LogP contribution in [0.5, 0.6) is 5.75 Å². The third-order valence-electron chi connectivity index (χ3n) is 5.26. The quantitative estimate of drug-likeness (QED) is 0.284. The number of benzene rings is 2. The normalized spacial score (nSPS) is 12.6. The average Bonchev–Trinajstić information content (AvgIpc) is 2.80. The number of para-hydroxylation sites is 1. The standard InChI is InChI=1S/C26H31ClN4O5S/c1-15-7-6-8-18(27)21(15)30-23(33)22(17-9-10-20(32)16(2)13-17)31(12-11-28)24(34)19(14-37)29-25(35)36-26(3,4)5/h6-10,13,19,22,32,37H,12,14H2,1-5H3,(H,29,35)(H,30,33). The summed E-state index contributed by atoms with van der Waals surface area (Å²) in [6, 6.07) is 8.97. The van der Waals surface area contributed by atoms with E-state index in [-0.39, 0.29) is 11.5 Å². The Bertz CT molecular complexity index is 1190. The zero-order chi connectivity index (χ0) is 27.9. The van der Waals surface area contributed by atoms with Gasteiger partial charge in [0.25, 0.3) is 5.91 Å². The van der Waals surface area contributed by atoms with Crippen LogP contribution < -0.4 is 10.6 Å². The van der Waals surface area contributed by atoms with E-state index >= 15 is 0 Å². The van der Waals surface area contributed by atoms with Gasteiger partial charge in [-0.3, -0.25) is 9.59 Å². The Hall–Kier alpha value is -3.42. The van der Waals surface area contributed by atoms with Gasteiger partial charge in [0.1, 0.15) is 30.0 Å². The fourth-order valence-corrected chi connectivity index (χ4v) is 4.03. The summed E-state index contributed by atoms with van der Waals surface area (Å²) in [4.78, 5) is 40.7. The molecule has 3 N–H and O–H groups in total. The molecule has 0 heterocycles. The molecule has 0 aromatic heterocycles. The van der Waals surface area contributed by atoms with E-state index in [9.17, 15) is 24.8 Å². The number of amides is 3. The van der Waals surface area contributed by atoms with E-state index in [1.165, 1.54) is 12.1 Å². The number of alkyl carbamates (subject to hydrolysis) is 1. The van der Waals surface area contributed by atoms with E-state index < -0.39 is 42.1 Å². The first-order valence-electron chi connectivity index (χ1n) is 11.4. The second-order valence-electron chi connectivity index (χ2n) is 9.38. The summed E-state index contributed by atoms with van der Waals surface area (Å²) in [6.07, 6.45) is -0.843. The van der Waals surface area contributed by atoms with Gasteiger partial charge in [-0.2, -0.15) is 17.9 Å². The van der Waals surface area contributed by atoms with Gasteiger partial charge in [0.15, 0.2) is 0 Å². The molecule has 3 amide bonds. The first kappa shape index (κ1) is 29.8. The Labute approximate surface area is 227 Å². The number of phenolic OH excluding ortho intramolecular Hbond substituents is 1. The third kappa shape index (κ3) is 8.03. The first-order valence-corrected chi connectivity index (χ1v) is 12.4. The lowest BCUT2D eigenvalue weighted by molar-refractivity contribution is -0.139. The van der Waals surface area contributed by atoms with Crippen LogP contribution in [0.1, 0.15) is 43.5 Å². The first-order chi connectivity index (χ1) is 17.3. The second-order valence-corrected chi connectivity index (χ2v) is 10.1. The van der Waals surface area contributed by atoms with Gasteiger partial charge in [-0.25, -0.2) is 4.79 Å². The van der Waals surface area contributed by atoms with Crippen molar-refractivity contribution in [1.29, 1.82) is 5.26 Å². The van der Waals surface area contributed by atoms with Crippen LogP contribution in [0.25, 0.3) is 0 Å². The molecule has 198 valence electrons. The number of thiol groups is 1. The maximum atomic E-state index is 13.7. The summed E-state index contributed by atoms with van der Waals surface area (Å²) < 4.78 is 5.25. The number of nitrogens with one attached hydrogen (secondary N) is 2. The Morgan fingerprint density at radius 3 is 2.41 bits per heavy atom. The summed E-state index contributed by atoms with van der Waals surface area (Å²) in [5, 5.41) is 25.1. The Balaban J connectivity index is 2.53. The number of phenols is 1. The molecule has 2 rings (SSSR count). The van der Waals surface area contributed by atoms with Crippen molar-refractivity contribution < 1.29 is 24.2 Å². The fourth-order valence-electron chi connectivity index (χ4n) is 3.51. The molecule has 9 nitrogen and oxygen atoms in total. The predicted molar refractivity (Wildman–Crippen MR) is 145 cm³/mol. The van der Waals surface area contributed by atoms with Gasteiger partial charge in [-0.05, 0) is 69.5 Å². The minimum Gasteiger partial charge on any atom is -0.508 e.